The number of benzene rings is 2. The predicted molar refractivity (Wildman–Crippen MR) is 174 cm³/mol. The number of halogens is 1. The van der Waals surface area contributed by atoms with Gasteiger partial charge in [-0.1, -0.05) is 18.5 Å². The number of furan rings is 1. The first-order valence-corrected chi connectivity index (χ1v) is 15.7. The third kappa shape index (κ3) is 5.89. The van der Waals surface area contributed by atoms with Gasteiger partial charge in [0.1, 0.15) is 27.8 Å². The van der Waals surface area contributed by atoms with Crippen LogP contribution >= 0.6 is 11.6 Å². The summed E-state index contributed by atoms with van der Waals surface area (Å²) >= 11 is 6.61. The third-order valence-corrected chi connectivity index (χ3v) is 9.20. The van der Waals surface area contributed by atoms with Gasteiger partial charge in [0.05, 0.1) is 41.8 Å². The minimum absolute atomic E-state index is 0.00655. The van der Waals surface area contributed by atoms with Crippen molar-refractivity contribution in [1.29, 1.82) is 0 Å². The minimum atomic E-state index is -2.03. The Labute approximate surface area is 282 Å². The summed E-state index contributed by atoms with van der Waals surface area (Å²) in [6.45, 7) is 1.96. The van der Waals surface area contributed by atoms with Crippen LogP contribution in [0.1, 0.15) is 53.8 Å². The predicted octanol–water partition coefficient (Wildman–Crippen LogP) is 5.63. The number of aliphatic hydroxyl groups is 1. The van der Waals surface area contributed by atoms with E-state index >= 15 is 0 Å². The summed E-state index contributed by atoms with van der Waals surface area (Å²) in [7, 11) is 7.11. The first-order chi connectivity index (χ1) is 23.1. The zero-order valence-corrected chi connectivity index (χ0v) is 28.3. The molecule has 48 heavy (non-hydrogen) atoms. The number of ketones is 2. The van der Waals surface area contributed by atoms with Gasteiger partial charge in [-0.15, -0.1) is 0 Å². The molecule has 1 aliphatic heterocycles. The fourth-order valence-corrected chi connectivity index (χ4v) is 6.70. The molecule has 2 aromatic carbocycles. The maximum Gasteiger partial charge on any atom is 0.231 e. The van der Waals surface area contributed by atoms with Crippen molar-refractivity contribution in [2.45, 2.75) is 44.1 Å². The van der Waals surface area contributed by atoms with Gasteiger partial charge >= 0.3 is 0 Å². The van der Waals surface area contributed by atoms with Crippen LogP contribution in [0, 0.1) is 5.92 Å². The average Bonchev–Trinajstić information content (AvgIpc) is 3.72. The highest BCUT2D eigenvalue weighted by atomic mass is 35.5. The van der Waals surface area contributed by atoms with Gasteiger partial charge in [0, 0.05) is 49.3 Å². The summed E-state index contributed by atoms with van der Waals surface area (Å²) in [5.41, 5.74) is -1.78. The van der Waals surface area contributed by atoms with Crippen molar-refractivity contribution in [3.63, 3.8) is 0 Å². The van der Waals surface area contributed by atoms with E-state index in [-0.39, 0.29) is 57.7 Å². The Kier molecular flexibility index (Phi) is 10.1. The van der Waals surface area contributed by atoms with Crippen LogP contribution in [-0.4, -0.2) is 70.3 Å². The third-order valence-electron chi connectivity index (χ3n) is 8.84. The van der Waals surface area contributed by atoms with Gasteiger partial charge in [-0.05, 0) is 36.2 Å². The number of allylic oxidation sites excluding steroid dienone is 1. The fraction of sp³-hybridized carbons (Fsp3) is 0.400. The van der Waals surface area contributed by atoms with E-state index in [0.29, 0.717) is 30.7 Å². The highest BCUT2D eigenvalue weighted by molar-refractivity contribution is 6.35. The van der Waals surface area contributed by atoms with Gasteiger partial charge in [-0.2, -0.15) is 0 Å². The van der Waals surface area contributed by atoms with E-state index in [0.717, 1.165) is 5.76 Å². The molecule has 13 heteroatoms. The van der Waals surface area contributed by atoms with E-state index in [1.54, 1.807) is 31.4 Å². The van der Waals surface area contributed by atoms with E-state index in [9.17, 15) is 19.5 Å². The number of aliphatic hydroxyl groups excluding tert-OH is 1. The summed E-state index contributed by atoms with van der Waals surface area (Å²) in [4.78, 5) is 41.8. The molecule has 1 spiro atoms. The minimum Gasteiger partial charge on any atom is -0.507 e. The van der Waals surface area contributed by atoms with E-state index in [2.05, 4.69) is 5.32 Å². The second-order valence-electron chi connectivity index (χ2n) is 11.5. The van der Waals surface area contributed by atoms with Crippen LogP contribution in [0.3, 0.4) is 0 Å². The number of hydrogen-bond donors (Lipinski definition) is 2. The Balaban J connectivity index is 1.62. The number of rotatable bonds is 13. The summed E-state index contributed by atoms with van der Waals surface area (Å²) < 4.78 is 39.2. The van der Waals surface area contributed by atoms with Crippen molar-refractivity contribution >= 4 is 29.1 Å². The second kappa shape index (κ2) is 14.1. The molecule has 3 atom stereocenters. The average molecular weight is 684 g/mol. The number of fused-ring (bicyclic) bond motifs is 1. The van der Waals surface area contributed by atoms with Crippen LogP contribution in [0.5, 0.6) is 34.5 Å². The molecule has 2 aliphatic rings. The largest absolute Gasteiger partial charge is 0.507 e. The Morgan fingerprint density at radius 3 is 2.27 bits per heavy atom. The highest BCUT2D eigenvalue weighted by Gasteiger charge is 2.61. The van der Waals surface area contributed by atoms with Crippen LogP contribution in [0.25, 0.3) is 0 Å². The molecule has 2 N–H and O–H groups in total. The smallest absolute Gasteiger partial charge is 0.231 e. The summed E-state index contributed by atoms with van der Waals surface area (Å²) in [6.07, 6.45) is 2.36. The van der Waals surface area contributed by atoms with Crippen LogP contribution in [0.2, 0.25) is 5.02 Å². The number of hydrogen-bond acceptors (Lipinski definition) is 11. The molecule has 0 radical (unpaired) electrons. The molecule has 1 unspecified atom stereocenters. The number of nitrogens with one attached hydrogen (secondary N) is 1. The number of ether oxygens (including phenoxy) is 6. The first kappa shape index (κ1) is 34.5. The molecular weight excluding hydrogens is 646 g/mol. The second-order valence-corrected chi connectivity index (χ2v) is 11.9. The van der Waals surface area contributed by atoms with Gasteiger partial charge in [0.15, 0.2) is 28.8 Å². The summed E-state index contributed by atoms with van der Waals surface area (Å²) in [5.74, 6) is -2.09. The van der Waals surface area contributed by atoms with E-state index in [1.807, 2.05) is 6.07 Å². The Morgan fingerprint density at radius 2 is 1.69 bits per heavy atom. The lowest BCUT2D eigenvalue weighted by Gasteiger charge is -2.38. The Hall–Kier alpha value is -4.84. The summed E-state index contributed by atoms with van der Waals surface area (Å²) in [5, 5.41) is 15.1. The van der Waals surface area contributed by atoms with Crippen molar-refractivity contribution in [2.75, 3.05) is 42.1 Å². The molecule has 0 saturated carbocycles. The number of carbonyl (C=O) groups excluding carboxylic acids is 3. The molecule has 1 aliphatic carbocycles. The normalized spacial score (nSPS) is 19.1. The van der Waals surface area contributed by atoms with E-state index in [1.165, 1.54) is 41.6 Å². The quantitative estimate of drug-likeness (QED) is 0.216. The molecule has 5 rings (SSSR count). The van der Waals surface area contributed by atoms with E-state index < -0.39 is 40.7 Å². The number of aryl methyl sites for hydroxylation is 1. The number of methoxy groups -OCH3 is 5. The zero-order chi connectivity index (χ0) is 34.7. The van der Waals surface area contributed by atoms with Gasteiger partial charge in [0.25, 0.3) is 0 Å². The fourth-order valence-electron chi connectivity index (χ4n) is 6.43. The lowest BCUT2D eigenvalue weighted by atomic mass is 9.69. The van der Waals surface area contributed by atoms with Gasteiger partial charge in [-0.3, -0.25) is 14.4 Å². The highest BCUT2D eigenvalue weighted by Crippen LogP contribution is 2.56. The molecule has 0 saturated heterocycles. The lowest BCUT2D eigenvalue weighted by molar-refractivity contribution is -0.121. The van der Waals surface area contributed by atoms with Gasteiger partial charge in [0.2, 0.25) is 23.0 Å². The Bertz CT molecular complexity index is 1720. The first-order valence-electron chi connectivity index (χ1n) is 15.3. The van der Waals surface area contributed by atoms with Gasteiger partial charge < -0.3 is 43.3 Å². The van der Waals surface area contributed by atoms with Crippen molar-refractivity contribution in [3.05, 3.63) is 69.8 Å². The molecular formula is C35H38ClNO11. The molecule has 256 valence electrons. The molecule has 1 aromatic heterocycles. The molecule has 1 amide bonds. The molecule has 3 aromatic rings. The zero-order valence-electron chi connectivity index (χ0n) is 27.6. The van der Waals surface area contributed by atoms with Crippen molar-refractivity contribution in [3.8, 4) is 34.5 Å². The lowest BCUT2D eigenvalue weighted by Crippen LogP contribution is -2.53. The van der Waals surface area contributed by atoms with Crippen molar-refractivity contribution in [2.24, 2.45) is 5.92 Å². The number of Topliss-reactive ketones (excluding diaryl/α,β-unsaturated/α-hetero) is 2. The molecule has 0 fully saturated rings. The standard InChI is InChI=1S/C35H38ClNO11/c1-18-13-22(38)28(33(40)35(18)34(41)29-23(42-2)17-24(43-3)30(36)32(29)48-35)21(16-27(39)37-11-7-9-20-10-8-12-47-20)19-14-25(44-4)31(46-6)26(15-19)45-5/h8,10,12,14-15,17-18,21,40H,7,9,11,13,16H2,1-6H3,(H,37,39)/t18-,21?,35+/m1/s1. The summed E-state index contributed by atoms with van der Waals surface area (Å²) in [6, 6.07) is 8.31. The van der Waals surface area contributed by atoms with Crippen LogP contribution in [0.4, 0.5) is 0 Å². The van der Waals surface area contributed by atoms with Crippen LogP contribution in [0.15, 0.2) is 52.3 Å². The van der Waals surface area contributed by atoms with Crippen molar-refractivity contribution in [1.82, 2.24) is 5.32 Å². The number of amides is 1. The molecule has 12 nitrogen and oxygen atoms in total. The molecule has 2 heterocycles. The van der Waals surface area contributed by atoms with Crippen molar-refractivity contribution < 1.29 is 52.3 Å². The Morgan fingerprint density at radius 1 is 1.02 bits per heavy atom. The van der Waals surface area contributed by atoms with Crippen LogP contribution in [-0.2, 0) is 16.0 Å². The topological polar surface area (TPSA) is 152 Å². The molecule has 0 bridgehead atoms. The van der Waals surface area contributed by atoms with E-state index in [4.69, 9.17) is 44.4 Å². The maximum atomic E-state index is 14.4. The monoisotopic (exact) mass is 683 g/mol. The maximum absolute atomic E-state index is 14.4. The number of carbonyl (C=O) groups is 3. The van der Waals surface area contributed by atoms with Gasteiger partial charge in [-0.25, -0.2) is 0 Å². The SMILES string of the molecule is COc1cc(OC)c2c(c1Cl)O[C@]1(C2=O)C(O)=C(C(CC(=O)NCCCc2ccco2)c2cc(OC)c(OC)c(OC)c2)C(=O)C[C@H]1C. The van der Waals surface area contributed by atoms with Crippen LogP contribution < -0.4 is 33.7 Å².